The van der Waals surface area contributed by atoms with Crippen LogP contribution in [-0.4, -0.2) is 18.0 Å². The zero-order chi connectivity index (χ0) is 15.6. The molecule has 20 heavy (non-hydrogen) atoms. The Bertz CT molecular complexity index is 467. The quantitative estimate of drug-likeness (QED) is 0.285. The van der Waals surface area contributed by atoms with Crippen molar-refractivity contribution in [1.82, 2.24) is 5.43 Å². The van der Waals surface area contributed by atoms with E-state index in [0.29, 0.717) is 6.47 Å². The maximum atomic E-state index is 10.9. The monoisotopic (exact) mass is 276 g/mol. The number of benzene rings is 1. The molecule has 5 heteroatoms. The zero-order valence-electron chi connectivity index (χ0n) is 12.0. The van der Waals surface area contributed by atoms with Crippen LogP contribution in [0.15, 0.2) is 24.3 Å². The first-order valence-electron chi connectivity index (χ1n) is 5.99. The highest BCUT2D eigenvalue weighted by Gasteiger charge is 2.07. The lowest BCUT2D eigenvalue weighted by Gasteiger charge is -2.14. The van der Waals surface area contributed by atoms with E-state index < -0.39 is 0 Å². The third-order valence-corrected chi connectivity index (χ3v) is 2.05. The number of terminal acetylenes is 1. The van der Waals surface area contributed by atoms with Gasteiger partial charge >= 0.3 is 0 Å². The van der Waals surface area contributed by atoms with Gasteiger partial charge in [-0.05, 0) is 38.5 Å². The minimum atomic E-state index is -0.318. The van der Waals surface area contributed by atoms with Gasteiger partial charge in [0.15, 0.2) is 0 Å². The Kier molecular flexibility index (Phi) is 7.71. The van der Waals surface area contributed by atoms with E-state index in [1.807, 2.05) is 32.9 Å². The molecule has 0 aliphatic carbocycles. The van der Waals surface area contributed by atoms with E-state index in [2.05, 4.69) is 16.1 Å². The molecule has 1 rings (SSSR count). The van der Waals surface area contributed by atoms with Crippen LogP contribution in [0.3, 0.4) is 0 Å². The molecule has 0 aromatic heterocycles. The number of nitrogens with one attached hydrogen (secondary N) is 1. The van der Waals surface area contributed by atoms with Gasteiger partial charge in [-0.3, -0.25) is 15.0 Å². The van der Waals surface area contributed by atoms with Crippen molar-refractivity contribution in [2.45, 2.75) is 32.8 Å². The lowest BCUT2D eigenvalue weighted by atomic mass is 10.1. The molecule has 108 valence electrons. The van der Waals surface area contributed by atoms with Crippen molar-refractivity contribution in [1.29, 1.82) is 0 Å². The molecule has 0 saturated carbocycles. The maximum absolute atomic E-state index is 10.9. The van der Waals surface area contributed by atoms with Gasteiger partial charge in [0.05, 0.1) is 6.42 Å². The van der Waals surface area contributed by atoms with Gasteiger partial charge in [-0.25, -0.2) is 5.84 Å². The number of carbonyl (C=O) groups excluding carboxylic acids is 2. The summed E-state index contributed by atoms with van der Waals surface area (Å²) < 4.78 is 4.55. The Morgan fingerprint density at radius 2 is 1.95 bits per heavy atom. The molecule has 1 aromatic carbocycles. The zero-order valence-corrected chi connectivity index (χ0v) is 12.0. The highest BCUT2D eigenvalue weighted by Crippen LogP contribution is 2.03. The molecule has 0 fully saturated rings. The molecule has 0 bridgehead atoms. The molecule has 0 unspecified atom stereocenters. The van der Waals surface area contributed by atoms with Gasteiger partial charge in [-0.1, -0.05) is 18.1 Å². The average molecular weight is 276 g/mol. The van der Waals surface area contributed by atoms with Crippen LogP contribution in [0.4, 0.5) is 0 Å². The van der Waals surface area contributed by atoms with E-state index >= 15 is 0 Å². The SMILES string of the molecule is C#Cc1ccc(CC(=O)NN)cc1.CC(C)(C)OC=O. The summed E-state index contributed by atoms with van der Waals surface area (Å²) in [5.74, 6) is 7.23. The fourth-order valence-electron chi connectivity index (χ4n) is 1.10. The van der Waals surface area contributed by atoms with Crippen molar-refractivity contribution in [2.24, 2.45) is 5.84 Å². The Balaban J connectivity index is 0.000000441. The van der Waals surface area contributed by atoms with Gasteiger partial charge in [0.25, 0.3) is 6.47 Å². The van der Waals surface area contributed by atoms with E-state index in [1.165, 1.54) is 0 Å². The number of nitrogens with two attached hydrogens (primary N) is 1. The predicted octanol–water partition coefficient (Wildman–Crippen LogP) is 1.16. The minimum Gasteiger partial charge on any atom is -0.462 e. The fraction of sp³-hybridized carbons (Fsp3) is 0.333. The molecular weight excluding hydrogens is 256 g/mol. The van der Waals surface area contributed by atoms with Gasteiger partial charge in [-0.15, -0.1) is 6.42 Å². The van der Waals surface area contributed by atoms with Crippen LogP contribution in [-0.2, 0) is 20.7 Å². The summed E-state index contributed by atoms with van der Waals surface area (Å²) in [5, 5.41) is 0. The van der Waals surface area contributed by atoms with Gasteiger partial charge in [-0.2, -0.15) is 0 Å². The molecule has 0 aliphatic rings. The van der Waals surface area contributed by atoms with Crippen molar-refractivity contribution in [3.63, 3.8) is 0 Å². The fourth-order valence-corrected chi connectivity index (χ4v) is 1.10. The number of carbonyl (C=O) groups is 2. The molecule has 1 aromatic rings. The third-order valence-electron chi connectivity index (χ3n) is 2.05. The predicted molar refractivity (Wildman–Crippen MR) is 77.3 cm³/mol. The molecule has 1 amide bonds. The largest absolute Gasteiger partial charge is 0.462 e. The second kappa shape index (κ2) is 8.73. The number of hydrazine groups is 1. The number of hydrogen-bond donors (Lipinski definition) is 2. The number of ether oxygens (including phenoxy) is 1. The molecule has 5 nitrogen and oxygen atoms in total. The summed E-state index contributed by atoms with van der Waals surface area (Å²) in [7, 11) is 0. The minimum absolute atomic E-state index is 0.214. The molecule has 0 radical (unpaired) electrons. The molecule has 3 N–H and O–H groups in total. The summed E-state index contributed by atoms with van der Waals surface area (Å²) in [6, 6.07) is 7.20. The van der Waals surface area contributed by atoms with Crippen molar-refractivity contribution >= 4 is 12.4 Å². The molecule has 0 aliphatic heterocycles. The second-order valence-electron chi connectivity index (χ2n) is 4.91. The Hall–Kier alpha value is -2.32. The van der Waals surface area contributed by atoms with Crippen LogP contribution in [0, 0.1) is 12.3 Å². The number of hydrogen-bond acceptors (Lipinski definition) is 4. The number of amides is 1. The summed E-state index contributed by atoms with van der Waals surface area (Å²) in [6.45, 7) is 5.92. The molecule has 0 atom stereocenters. The highest BCUT2D eigenvalue weighted by atomic mass is 16.5. The van der Waals surface area contributed by atoms with Crippen LogP contribution in [0.2, 0.25) is 0 Å². The van der Waals surface area contributed by atoms with Crippen LogP contribution >= 0.6 is 0 Å². The Labute approximate surface area is 119 Å². The van der Waals surface area contributed by atoms with Gasteiger partial charge < -0.3 is 4.74 Å². The maximum Gasteiger partial charge on any atom is 0.293 e. The second-order valence-corrected chi connectivity index (χ2v) is 4.91. The van der Waals surface area contributed by atoms with E-state index in [0.717, 1.165) is 11.1 Å². The molecule has 0 heterocycles. The van der Waals surface area contributed by atoms with E-state index in [1.54, 1.807) is 12.1 Å². The van der Waals surface area contributed by atoms with Crippen LogP contribution < -0.4 is 11.3 Å². The van der Waals surface area contributed by atoms with E-state index in [9.17, 15) is 9.59 Å². The Morgan fingerprint density at radius 3 is 2.25 bits per heavy atom. The van der Waals surface area contributed by atoms with Crippen LogP contribution in [0.5, 0.6) is 0 Å². The topological polar surface area (TPSA) is 81.4 Å². The van der Waals surface area contributed by atoms with Crippen LogP contribution in [0.25, 0.3) is 0 Å². The summed E-state index contributed by atoms with van der Waals surface area (Å²) >= 11 is 0. The molecule has 0 saturated heterocycles. The first-order chi connectivity index (χ1) is 9.32. The average Bonchev–Trinajstić information content (AvgIpc) is 2.39. The molecule has 0 spiro atoms. The number of rotatable bonds is 3. The van der Waals surface area contributed by atoms with Gasteiger partial charge in [0.1, 0.15) is 5.60 Å². The normalized spacial score (nSPS) is 9.55. The first-order valence-corrected chi connectivity index (χ1v) is 5.99. The van der Waals surface area contributed by atoms with Crippen molar-refractivity contribution in [3.05, 3.63) is 35.4 Å². The lowest BCUT2D eigenvalue weighted by molar-refractivity contribution is -0.138. The van der Waals surface area contributed by atoms with Crippen molar-refractivity contribution < 1.29 is 14.3 Å². The van der Waals surface area contributed by atoms with Gasteiger partial charge in [0, 0.05) is 5.56 Å². The smallest absolute Gasteiger partial charge is 0.293 e. The summed E-state index contributed by atoms with van der Waals surface area (Å²) in [6.07, 6.45) is 5.46. The first kappa shape index (κ1) is 17.7. The highest BCUT2D eigenvalue weighted by molar-refractivity contribution is 5.77. The molecular formula is C15H20N2O3. The van der Waals surface area contributed by atoms with Crippen molar-refractivity contribution in [2.75, 3.05) is 0 Å². The van der Waals surface area contributed by atoms with E-state index in [-0.39, 0.29) is 17.9 Å². The third kappa shape index (κ3) is 8.72. The van der Waals surface area contributed by atoms with E-state index in [4.69, 9.17) is 12.3 Å². The van der Waals surface area contributed by atoms with Gasteiger partial charge in [0.2, 0.25) is 5.91 Å². The van der Waals surface area contributed by atoms with Crippen molar-refractivity contribution in [3.8, 4) is 12.3 Å². The lowest BCUT2D eigenvalue weighted by Crippen LogP contribution is -2.31. The standard InChI is InChI=1S/C10H10N2O.C5H10O2/c1-2-8-3-5-9(6-4-8)7-10(13)12-11;1-5(2,3)7-4-6/h1,3-6H,7,11H2,(H,12,13);4H,1-3H3. The summed E-state index contributed by atoms with van der Waals surface area (Å²) in [5.41, 5.74) is 3.44. The Morgan fingerprint density at radius 1 is 1.40 bits per heavy atom. The summed E-state index contributed by atoms with van der Waals surface area (Å²) in [4.78, 5) is 20.5. The van der Waals surface area contributed by atoms with Crippen LogP contribution in [0.1, 0.15) is 31.9 Å².